The third-order valence-corrected chi connectivity index (χ3v) is 5.43. The molecule has 0 unspecified atom stereocenters. The minimum Gasteiger partial charge on any atom is -0.385 e. The SMILES string of the molecule is CN=C(NCc1cccc(-c2ncn[nH]2)c1)NCC1(CCOC)CCCC1. The molecule has 1 aliphatic carbocycles. The second kappa shape index (κ2) is 9.50. The summed E-state index contributed by atoms with van der Waals surface area (Å²) in [6.07, 6.45) is 7.78. The largest absolute Gasteiger partial charge is 0.385 e. The summed E-state index contributed by atoms with van der Waals surface area (Å²) in [5.41, 5.74) is 2.53. The Morgan fingerprint density at radius 2 is 2.15 bits per heavy atom. The average Bonchev–Trinajstić information content (AvgIpc) is 3.40. The Kier molecular flexibility index (Phi) is 6.81. The van der Waals surface area contributed by atoms with Crippen LogP contribution in [-0.2, 0) is 11.3 Å². The highest BCUT2D eigenvalue weighted by Gasteiger charge is 2.33. The maximum atomic E-state index is 5.32. The van der Waals surface area contributed by atoms with Crippen molar-refractivity contribution in [3.8, 4) is 11.4 Å². The van der Waals surface area contributed by atoms with Crippen molar-refractivity contribution in [2.75, 3.05) is 27.3 Å². The van der Waals surface area contributed by atoms with Crippen LogP contribution in [0.15, 0.2) is 35.6 Å². The van der Waals surface area contributed by atoms with Gasteiger partial charge >= 0.3 is 0 Å². The minimum atomic E-state index is 0.333. The lowest BCUT2D eigenvalue weighted by molar-refractivity contribution is 0.138. The highest BCUT2D eigenvalue weighted by Crippen LogP contribution is 2.40. The second-order valence-corrected chi connectivity index (χ2v) is 7.26. The quantitative estimate of drug-likeness (QED) is 0.491. The fraction of sp³-hybridized carbons (Fsp3) is 0.550. The molecule has 0 aliphatic heterocycles. The van der Waals surface area contributed by atoms with E-state index < -0.39 is 0 Å². The lowest BCUT2D eigenvalue weighted by atomic mass is 9.83. The van der Waals surface area contributed by atoms with Crippen molar-refractivity contribution in [2.45, 2.75) is 38.6 Å². The van der Waals surface area contributed by atoms with E-state index >= 15 is 0 Å². The second-order valence-electron chi connectivity index (χ2n) is 7.26. The van der Waals surface area contributed by atoms with Crippen LogP contribution in [0.1, 0.15) is 37.7 Å². The molecular formula is C20H30N6O. The Bertz CT molecular complexity index is 722. The van der Waals surface area contributed by atoms with E-state index in [9.17, 15) is 0 Å². The topological polar surface area (TPSA) is 87.2 Å². The first-order chi connectivity index (χ1) is 13.2. The van der Waals surface area contributed by atoms with Gasteiger partial charge in [0, 0.05) is 39.4 Å². The standard InChI is InChI=1S/C20H30N6O/c1-21-19(23-14-20(10-11-27-2)8-3-4-9-20)22-13-16-6-5-7-17(12-16)18-24-15-25-26-18/h5-7,12,15H,3-4,8-11,13-14H2,1-2H3,(H2,21,22,23)(H,24,25,26). The number of hydrogen-bond acceptors (Lipinski definition) is 4. The molecular weight excluding hydrogens is 340 g/mol. The van der Waals surface area contributed by atoms with Crippen molar-refractivity contribution >= 4 is 5.96 Å². The van der Waals surface area contributed by atoms with E-state index in [0.717, 1.165) is 36.9 Å². The Morgan fingerprint density at radius 1 is 1.30 bits per heavy atom. The predicted octanol–water partition coefficient (Wildman–Crippen LogP) is 2.73. The molecule has 1 aromatic heterocycles. The van der Waals surface area contributed by atoms with Gasteiger partial charge in [-0.1, -0.05) is 31.0 Å². The van der Waals surface area contributed by atoms with Gasteiger partial charge in [0.2, 0.25) is 0 Å². The number of hydrogen-bond donors (Lipinski definition) is 3. The van der Waals surface area contributed by atoms with Crippen molar-refractivity contribution in [3.05, 3.63) is 36.2 Å². The van der Waals surface area contributed by atoms with Gasteiger partial charge in [-0.3, -0.25) is 10.1 Å². The maximum absolute atomic E-state index is 5.32. The first kappa shape index (κ1) is 19.4. The highest BCUT2D eigenvalue weighted by atomic mass is 16.5. The zero-order valence-corrected chi connectivity index (χ0v) is 16.3. The van der Waals surface area contributed by atoms with E-state index in [1.54, 1.807) is 7.11 Å². The van der Waals surface area contributed by atoms with E-state index in [0.29, 0.717) is 12.0 Å². The normalized spacial score (nSPS) is 16.4. The molecule has 7 nitrogen and oxygen atoms in total. The smallest absolute Gasteiger partial charge is 0.191 e. The number of nitrogens with one attached hydrogen (secondary N) is 3. The Hall–Kier alpha value is -2.41. The summed E-state index contributed by atoms with van der Waals surface area (Å²) in [6.45, 7) is 2.46. The summed E-state index contributed by atoms with van der Waals surface area (Å²) in [4.78, 5) is 8.59. The molecule has 1 saturated carbocycles. The Morgan fingerprint density at radius 3 is 2.85 bits per heavy atom. The number of benzene rings is 1. The van der Waals surface area contributed by atoms with Crippen LogP contribution >= 0.6 is 0 Å². The number of H-pyrrole nitrogens is 1. The lowest BCUT2D eigenvalue weighted by Gasteiger charge is -2.30. The van der Waals surface area contributed by atoms with Crippen LogP contribution in [-0.4, -0.2) is 48.5 Å². The molecule has 27 heavy (non-hydrogen) atoms. The van der Waals surface area contributed by atoms with E-state index in [1.165, 1.54) is 37.6 Å². The number of aromatic nitrogens is 3. The number of methoxy groups -OCH3 is 1. The first-order valence-corrected chi connectivity index (χ1v) is 9.63. The molecule has 0 saturated heterocycles. The van der Waals surface area contributed by atoms with Gasteiger partial charge in [-0.2, -0.15) is 5.10 Å². The minimum absolute atomic E-state index is 0.333. The van der Waals surface area contributed by atoms with Crippen LogP contribution in [0.4, 0.5) is 0 Å². The summed E-state index contributed by atoms with van der Waals surface area (Å²) >= 11 is 0. The molecule has 0 bridgehead atoms. The number of aromatic amines is 1. The molecule has 1 heterocycles. The van der Waals surface area contributed by atoms with Crippen molar-refractivity contribution in [3.63, 3.8) is 0 Å². The maximum Gasteiger partial charge on any atom is 0.191 e. The Labute approximate surface area is 161 Å². The first-order valence-electron chi connectivity index (χ1n) is 9.63. The third-order valence-electron chi connectivity index (χ3n) is 5.43. The van der Waals surface area contributed by atoms with Gasteiger partial charge in [-0.15, -0.1) is 0 Å². The van der Waals surface area contributed by atoms with Gasteiger partial charge in [-0.25, -0.2) is 4.98 Å². The fourth-order valence-corrected chi connectivity index (χ4v) is 3.81. The lowest BCUT2D eigenvalue weighted by Crippen LogP contribution is -2.43. The van der Waals surface area contributed by atoms with Crippen molar-refractivity contribution in [1.82, 2.24) is 25.8 Å². The average molecular weight is 371 g/mol. The van der Waals surface area contributed by atoms with Gasteiger partial charge in [-0.05, 0) is 36.3 Å². The van der Waals surface area contributed by atoms with Crippen LogP contribution in [0, 0.1) is 5.41 Å². The van der Waals surface area contributed by atoms with Gasteiger partial charge < -0.3 is 15.4 Å². The zero-order valence-electron chi connectivity index (χ0n) is 16.3. The predicted molar refractivity (Wildman–Crippen MR) is 107 cm³/mol. The van der Waals surface area contributed by atoms with Gasteiger partial charge in [0.1, 0.15) is 6.33 Å². The van der Waals surface area contributed by atoms with Crippen LogP contribution < -0.4 is 10.6 Å². The number of nitrogens with zero attached hydrogens (tertiary/aromatic N) is 3. The number of aliphatic imine (C=N–C) groups is 1. The molecule has 0 spiro atoms. The molecule has 3 N–H and O–H groups in total. The van der Waals surface area contributed by atoms with E-state index in [4.69, 9.17) is 4.74 Å². The van der Waals surface area contributed by atoms with Crippen LogP contribution in [0.25, 0.3) is 11.4 Å². The molecule has 0 atom stereocenters. The van der Waals surface area contributed by atoms with E-state index in [2.05, 4.69) is 42.9 Å². The van der Waals surface area contributed by atoms with Gasteiger partial charge in [0.15, 0.2) is 11.8 Å². The number of ether oxygens (including phenoxy) is 1. The van der Waals surface area contributed by atoms with E-state index in [-0.39, 0.29) is 0 Å². The van der Waals surface area contributed by atoms with Crippen molar-refractivity contribution in [2.24, 2.45) is 10.4 Å². The fourth-order valence-electron chi connectivity index (χ4n) is 3.81. The Balaban J connectivity index is 1.54. The van der Waals surface area contributed by atoms with Gasteiger partial charge in [0.25, 0.3) is 0 Å². The molecule has 0 radical (unpaired) electrons. The number of rotatable bonds is 8. The van der Waals surface area contributed by atoms with Crippen molar-refractivity contribution in [1.29, 1.82) is 0 Å². The molecule has 3 rings (SSSR count). The van der Waals surface area contributed by atoms with Gasteiger partial charge in [0.05, 0.1) is 0 Å². The summed E-state index contributed by atoms with van der Waals surface area (Å²) in [5.74, 6) is 1.62. The summed E-state index contributed by atoms with van der Waals surface area (Å²) in [7, 11) is 3.60. The molecule has 7 heteroatoms. The zero-order chi connectivity index (χ0) is 19.0. The summed E-state index contributed by atoms with van der Waals surface area (Å²) in [5, 5.41) is 13.8. The summed E-state index contributed by atoms with van der Waals surface area (Å²) in [6, 6.07) is 8.26. The third kappa shape index (κ3) is 5.29. The monoisotopic (exact) mass is 370 g/mol. The highest BCUT2D eigenvalue weighted by molar-refractivity contribution is 5.79. The number of guanidine groups is 1. The molecule has 0 amide bonds. The van der Waals surface area contributed by atoms with Crippen LogP contribution in [0.3, 0.4) is 0 Å². The van der Waals surface area contributed by atoms with Crippen molar-refractivity contribution < 1.29 is 4.74 Å². The molecule has 2 aromatic rings. The molecule has 1 aromatic carbocycles. The molecule has 146 valence electrons. The molecule has 1 aliphatic rings. The van der Waals surface area contributed by atoms with E-state index in [1.807, 2.05) is 19.2 Å². The van der Waals surface area contributed by atoms with Crippen LogP contribution in [0.2, 0.25) is 0 Å². The molecule has 1 fully saturated rings. The summed E-state index contributed by atoms with van der Waals surface area (Å²) < 4.78 is 5.32. The van der Waals surface area contributed by atoms with Crippen LogP contribution in [0.5, 0.6) is 0 Å².